The van der Waals surface area contributed by atoms with E-state index in [1.54, 1.807) is 0 Å². The van der Waals surface area contributed by atoms with Gasteiger partial charge in [-0.2, -0.15) is 5.10 Å². The third-order valence-corrected chi connectivity index (χ3v) is 2.34. The number of thioether (sulfide) groups is 1. The molecule has 0 saturated heterocycles. The molecule has 0 bridgehead atoms. The number of hydrogen-bond donors (Lipinski definition) is 1. The second-order valence-corrected chi connectivity index (χ2v) is 3.43. The average Bonchev–Trinajstić information content (AvgIpc) is 1.88. The van der Waals surface area contributed by atoms with Crippen LogP contribution in [0.25, 0.3) is 0 Å². The van der Waals surface area contributed by atoms with Crippen LogP contribution >= 0.6 is 11.8 Å². The Morgan fingerprint density at radius 1 is 1.80 bits per heavy atom. The van der Waals surface area contributed by atoms with E-state index in [1.807, 2.05) is 13.8 Å². The molecule has 1 rings (SSSR count). The highest BCUT2D eigenvalue weighted by Gasteiger charge is 2.18. The third-order valence-electron chi connectivity index (χ3n) is 1.41. The van der Waals surface area contributed by atoms with E-state index in [9.17, 15) is 4.79 Å². The molecule has 1 atom stereocenters. The Labute approximate surface area is 64.3 Å². The third kappa shape index (κ3) is 1.50. The maximum Gasteiger partial charge on any atom is 0.299 e. The fourth-order valence-electron chi connectivity index (χ4n) is 0.830. The van der Waals surface area contributed by atoms with Crippen molar-refractivity contribution in [3.05, 3.63) is 0 Å². The molecule has 1 aliphatic heterocycles. The zero-order valence-corrected chi connectivity index (χ0v) is 6.86. The number of rotatable bonds is 1. The quantitative estimate of drug-likeness (QED) is 0.629. The normalized spacial score (nSPS) is 25.6. The topological polar surface area (TPSA) is 41.5 Å². The number of carbonyl (C=O) groups excluding carboxylic acids is 1. The van der Waals surface area contributed by atoms with Gasteiger partial charge in [-0.05, 0) is 13.3 Å². The van der Waals surface area contributed by atoms with Crippen LogP contribution in [0.1, 0.15) is 20.3 Å². The summed E-state index contributed by atoms with van der Waals surface area (Å²) in [6.07, 6.45) is 0.911. The van der Waals surface area contributed by atoms with Gasteiger partial charge in [-0.25, -0.2) is 5.43 Å². The molecule has 0 saturated carbocycles. The van der Waals surface area contributed by atoms with Gasteiger partial charge in [0, 0.05) is 0 Å². The first-order valence-electron chi connectivity index (χ1n) is 3.27. The van der Waals surface area contributed by atoms with E-state index in [0.717, 1.165) is 12.1 Å². The predicted molar refractivity (Wildman–Crippen MR) is 43.3 cm³/mol. The number of nitrogens with one attached hydrogen (secondary N) is 1. The van der Waals surface area contributed by atoms with Crippen molar-refractivity contribution in [3.8, 4) is 0 Å². The Bertz CT molecular complexity index is 179. The lowest BCUT2D eigenvalue weighted by Gasteiger charge is -2.16. The first-order valence-corrected chi connectivity index (χ1v) is 4.15. The molecule has 1 unspecified atom stereocenters. The SMILES string of the molecule is CCC1=NNC(=O)SC1C. The Balaban J connectivity index is 2.65. The lowest BCUT2D eigenvalue weighted by Crippen LogP contribution is -2.28. The van der Waals surface area contributed by atoms with Crippen LogP contribution < -0.4 is 5.43 Å². The second kappa shape index (κ2) is 3.05. The maximum atomic E-state index is 10.7. The van der Waals surface area contributed by atoms with Crippen molar-refractivity contribution in [3.63, 3.8) is 0 Å². The van der Waals surface area contributed by atoms with Crippen LogP contribution in [0, 0.1) is 0 Å². The van der Waals surface area contributed by atoms with E-state index >= 15 is 0 Å². The van der Waals surface area contributed by atoms with Crippen molar-refractivity contribution in [1.82, 2.24) is 5.43 Å². The Kier molecular flexibility index (Phi) is 2.32. The largest absolute Gasteiger partial charge is 0.299 e. The van der Waals surface area contributed by atoms with Crippen LogP contribution in [-0.4, -0.2) is 16.2 Å². The van der Waals surface area contributed by atoms with Gasteiger partial charge in [-0.15, -0.1) is 0 Å². The Morgan fingerprint density at radius 3 is 3.00 bits per heavy atom. The minimum absolute atomic E-state index is 0.0512. The van der Waals surface area contributed by atoms with Crippen LogP contribution in [0.3, 0.4) is 0 Å². The van der Waals surface area contributed by atoms with Gasteiger partial charge < -0.3 is 0 Å². The standard InChI is InChI=1S/C6H10N2OS/c1-3-5-4(2)10-6(9)8-7-5/h4H,3H2,1-2H3,(H,8,9). The molecule has 56 valence electrons. The number of carbonyl (C=O) groups is 1. The van der Waals surface area contributed by atoms with Crippen LogP contribution in [0.15, 0.2) is 5.10 Å². The van der Waals surface area contributed by atoms with Gasteiger partial charge in [-0.1, -0.05) is 18.7 Å². The van der Waals surface area contributed by atoms with E-state index in [-0.39, 0.29) is 10.5 Å². The lowest BCUT2D eigenvalue weighted by atomic mass is 10.2. The number of hydrogen-bond acceptors (Lipinski definition) is 3. The van der Waals surface area contributed by atoms with Gasteiger partial charge in [0.05, 0.1) is 11.0 Å². The molecule has 10 heavy (non-hydrogen) atoms. The summed E-state index contributed by atoms with van der Waals surface area (Å²) < 4.78 is 0. The van der Waals surface area contributed by atoms with Crippen molar-refractivity contribution in [2.75, 3.05) is 0 Å². The molecule has 1 amide bonds. The first kappa shape index (κ1) is 7.60. The average molecular weight is 158 g/mol. The van der Waals surface area contributed by atoms with Crippen molar-refractivity contribution >= 4 is 22.7 Å². The number of amides is 1. The lowest BCUT2D eigenvalue weighted by molar-refractivity contribution is 0.261. The summed E-state index contributed by atoms with van der Waals surface area (Å²) in [5.41, 5.74) is 3.49. The van der Waals surface area contributed by atoms with E-state index in [4.69, 9.17) is 0 Å². The predicted octanol–water partition coefficient (Wildman–Crippen LogP) is 1.60. The summed E-state index contributed by atoms with van der Waals surface area (Å²) in [6, 6.07) is 0. The highest BCUT2D eigenvalue weighted by atomic mass is 32.2. The summed E-state index contributed by atoms with van der Waals surface area (Å²) in [6.45, 7) is 4.03. The number of hydrazone groups is 1. The minimum atomic E-state index is -0.0512. The molecular formula is C6H10N2OS. The van der Waals surface area contributed by atoms with Crippen LogP contribution in [0.2, 0.25) is 0 Å². The molecule has 0 aromatic carbocycles. The van der Waals surface area contributed by atoms with Crippen LogP contribution in [0.4, 0.5) is 4.79 Å². The van der Waals surface area contributed by atoms with Crippen molar-refractivity contribution in [1.29, 1.82) is 0 Å². The van der Waals surface area contributed by atoms with Crippen molar-refractivity contribution in [2.45, 2.75) is 25.5 Å². The molecule has 1 heterocycles. The molecule has 0 spiro atoms. The maximum absolute atomic E-state index is 10.7. The van der Waals surface area contributed by atoms with E-state index in [0.29, 0.717) is 0 Å². The summed E-state index contributed by atoms with van der Waals surface area (Å²) in [5, 5.41) is 4.10. The Morgan fingerprint density at radius 2 is 2.50 bits per heavy atom. The zero-order valence-electron chi connectivity index (χ0n) is 6.05. The Hall–Kier alpha value is -0.510. The van der Waals surface area contributed by atoms with E-state index < -0.39 is 0 Å². The van der Waals surface area contributed by atoms with Gasteiger partial charge in [-0.3, -0.25) is 4.79 Å². The fraction of sp³-hybridized carbons (Fsp3) is 0.667. The highest BCUT2D eigenvalue weighted by Crippen LogP contribution is 2.17. The molecule has 1 N–H and O–H groups in total. The smallest absolute Gasteiger partial charge is 0.260 e. The molecule has 1 aliphatic rings. The van der Waals surface area contributed by atoms with Crippen LogP contribution in [-0.2, 0) is 0 Å². The van der Waals surface area contributed by atoms with Crippen molar-refractivity contribution in [2.24, 2.45) is 5.10 Å². The molecule has 3 nitrogen and oxygen atoms in total. The summed E-state index contributed by atoms with van der Waals surface area (Å²) in [4.78, 5) is 10.7. The first-order chi connectivity index (χ1) is 4.74. The summed E-state index contributed by atoms with van der Waals surface area (Å²) >= 11 is 1.29. The fourth-order valence-corrected chi connectivity index (χ4v) is 1.60. The van der Waals surface area contributed by atoms with Gasteiger partial charge in [0.25, 0.3) is 5.24 Å². The monoisotopic (exact) mass is 158 g/mol. The molecule has 0 radical (unpaired) electrons. The summed E-state index contributed by atoms with van der Waals surface area (Å²) in [7, 11) is 0. The molecule has 0 aromatic rings. The molecule has 0 aromatic heterocycles. The van der Waals surface area contributed by atoms with Gasteiger partial charge >= 0.3 is 0 Å². The zero-order chi connectivity index (χ0) is 7.56. The van der Waals surface area contributed by atoms with Crippen molar-refractivity contribution < 1.29 is 4.79 Å². The molecular weight excluding hydrogens is 148 g/mol. The molecule has 4 heteroatoms. The minimum Gasteiger partial charge on any atom is -0.260 e. The second-order valence-electron chi connectivity index (χ2n) is 2.12. The van der Waals surface area contributed by atoms with E-state index in [1.165, 1.54) is 11.8 Å². The van der Waals surface area contributed by atoms with Gasteiger partial charge in [0.1, 0.15) is 0 Å². The highest BCUT2D eigenvalue weighted by molar-refractivity contribution is 8.14. The number of nitrogens with zero attached hydrogens (tertiary/aromatic N) is 1. The summed E-state index contributed by atoms with van der Waals surface area (Å²) in [5.74, 6) is 0. The van der Waals surface area contributed by atoms with E-state index in [2.05, 4.69) is 10.5 Å². The van der Waals surface area contributed by atoms with Gasteiger partial charge in [0.2, 0.25) is 0 Å². The van der Waals surface area contributed by atoms with Gasteiger partial charge in [0.15, 0.2) is 0 Å². The van der Waals surface area contributed by atoms with Crippen LogP contribution in [0.5, 0.6) is 0 Å². The molecule has 0 aliphatic carbocycles. The molecule has 0 fully saturated rings.